The fraction of sp³-hybridized carbons (Fsp3) is 0.500. The maximum Gasteiger partial charge on any atom is 0.0345 e. The second kappa shape index (κ2) is 4.99. The third-order valence-electron chi connectivity index (χ3n) is 2.87. The van der Waals surface area contributed by atoms with E-state index in [1.807, 2.05) is 0 Å². The number of rotatable bonds is 2. The largest absolute Gasteiger partial charge is 0.382 e. The molecular weight excluding hydrogens is 252 g/mol. The average Bonchev–Trinajstić information content (AvgIpc) is 2.25. The Kier molecular flexibility index (Phi) is 3.65. The van der Waals surface area contributed by atoms with Crippen LogP contribution < -0.4 is 10.6 Å². The highest BCUT2D eigenvalue weighted by atomic mass is 79.9. The maximum absolute atomic E-state index is 3.59. The van der Waals surface area contributed by atoms with Gasteiger partial charge in [0.1, 0.15) is 0 Å². The molecule has 2 rings (SSSR count). The van der Waals surface area contributed by atoms with Gasteiger partial charge in [-0.2, -0.15) is 0 Å². The Balaban J connectivity index is 2.00. The molecule has 2 nitrogen and oxygen atoms in total. The molecule has 0 saturated carbocycles. The Morgan fingerprint density at radius 2 is 2.07 bits per heavy atom. The summed E-state index contributed by atoms with van der Waals surface area (Å²) in [6, 6.07) is 7.08. The topological polar surface area (TPSA) is 24.1 Å². The van der Waals surface area contributed by atoms with Gasteiger partial charge in [0.05, 0.1) is 0 Å². The van der Waals surface area contributed by atoms with E-state index >= 15 is 0 Å². The van der Waals surface area contributed by atoms with Gasteiger partial charge in [-0.25, -0.2) is 0 Å². The third kappa shape index (κ3) is 2.95. The summed E-state index contributed by atoms with van der Waals surface area (Å²) in [6.45, 7) is 4.39. The molecule has 0 atom stereocenters. The summed E-state index contributed by atoms with van der Waals surface area (Å²) in [6.07, 6.45) is 2.43. The zero-order valence-electron chi connectivity index (χ0n) is 9.02. The summed E-state index contributed by atoms with van der Waals surface area (Å²) in [7, 11) is 0. The lowest BCUT2D eigenvalue weighted by Crippen LogP contribution is -2.35. The quantitative estimate of drug-likeness (QED) is 0.862. The number of hydrogen-bond acceptors (Lipinski definition) is 2. The maximum atomic E-state index is 3.59. The Labute approximate surface area is 99.6 Å². The van der Waals surface area contributed by atoms with Crippen molar-refractivity contribution in [3.05, 3.63) is 28.2 Å². The van der Waals surface area contributed by atoms with Crippen molar-refractivity contribution >= 4 is 21.6 Å². The fourth-order valence-electron chi connectivity index (χ4n) is 1.94. The number of benzene rings is 1. The van der Waals surface area contributed by atoms with Crippen molar-refractivity contribution in [1.82, 2.24) is 5.32 Å². The highest BCUT2D eigenvalue weighted by molar-refractivity contribution is 9.10. The molecule has 0 amide bonds. The van der Waals surface area contributed by atoms with E-state index in [4.69, 9.17) is 0 Å². The smallest absolute Gasteiger partial charge is 0.0345 e. The standard InChI is InChI=1S/C12H17BrN2/c1-9-8-11(2-3-12(9)13)15-10-4-6-14-7-5-10/h2-3,8,10,14-15H,4-7H2,1H3. The summed E-state index contributed by atoms with van der Waals surface area (Å²) in [5.41, 5.74) is 2.52. The van der Waals surface area contributed by atoms with Crippen molar-refractivity contribution in [2.24, 2.45) is 0 Å². The van der Waals surface area contributed by atoms with Crippen LogP contribution in [-0.4, -0.2) is 19.1 Å². The second-order valence-corrected chi connectivity index (χ2v) is 4.99. The minimum Gasteiger partial charge on any atom is -0.382 e. The minimum absolute atomic E-state index is 0.631. The number of piperidine rings is 1. The van der Waals surface area contributed by atoms with Crippen molar-refractivity contribution in [1.29, 1.82) is 0 Å². The predicted octanol–water partition coefficient (Wildman–Crippen LogP) is 2.92. The van der Waals surface area contributed by atoms with Crippen LogP contribution in [0.5, 0.6) is 0 Å². The van der Waals surface area contributed by atoms with Crippen molar-refractivity contribution in [3.8, 4) is 0 Å². The molecule has 1 heterocycles. The van der Waals surface area contributed by atoms with Crippen LogP contribution in [0.25, 0.3) is 0 Å². The molecule has 0 aliphatic carbocycles. The number of halogens is 1. The Morgan fingerprint density at radius 3 is 2.73 bits per heavy atom. The van der Waals surface area contributed by atoms with Gasteiger partial charge in [0, 0.05) is 16.2 Å². The zero-order valence-corrected chi connectivity index (χ0v) is 10.6. The summed E-state index contributed by atoms with van der Waals surface area (Å²) < 4.78 is 1.18. The van der Waals surface area contributed by atoms with Crippen molar-refractivity contribution < 1.29 is 0 Å². The monoisotopic (exact) mass is 268 g/mol. The Morgan fingerprint density at radius 1 is 1.33 bits per heavy atom. The van der Waals surface area contributed by atoms with Crippen LogP contribution in [0.15, 0.2) is 22.7 Å². The average molecular weight is 269 g/mol. The van der Waals surface area contributed by atoms with E-state index in [0.29, 0.717) is 6.04 Å². The molecule has 1 saturated heterocycles. The van der Waals surface area contributed by atoms with E-state index in [0.717, 1.165) is 13.1 Å². The predicted molar refractivity (Wildman–Crippen MR) is 68.4 cm³/mol. The van der Waals surface area contributed by atoms with Gasteiger partial charge >= 0.3 is 0 Å². The SMILES string of the molecule is Cc1cc(NC2CCNCC2)ccc1Br. The number of nitrogens with one attached hydrogen (secondary N) is 2. The summed E-state index contributed by atoms with van der Waals surface area (Å²) >= 11 is 3.52. The van der Waals surface area contributed by atoms with Crippen LogP contribution in [0.4, 0.5) is 5.69 Å². The molecule has 0 spiro atoms. The Bertz CT molecular complexity index is 332. The van der Waals surface area contributed by atoms with Crippen LogP contribution in [-0.2, 0) is 0 Å². The minimum atomic E-state index is 0.631. The molecule has 0 unspecified atom stereocenters. The van der Waals surface area contributed by atoms with Crippen molar-refractivity contribution in [2.75, 3.05) is 18.4 Å². The molecule has 1 aromatic carbocycles. The highest BCUT2D eigenvalue weighted by Gasteiger charge is 2.12. The molecule has 0 bridgehead atoms. The number of anilines is 1. The lowest BCUT2D eigenvalue weighted by atomic mass is 10.1. The van der Waals surface area contributed by atoms with E-state index in [1.54, 1.807) is 0 Å². The first-order chi connectivity index (χ1) is 7.25. The molecule has 1 fully saturated rings. The first-order valence-corrected chi connectivity index (χ1v) is 6.28. The van der Waals surface area contributed by atoms with E-state index < -0.39 is 0 Å². The van der Waals surface area contributed by atoms with Gasteiger partial charge < -0.3 is 10.6 Å². The highest BCUT2D eigenvalue weighted by Crippen LogP contribution is 2.21. The molecule has 0 aromatic heterocycles. The molecule has 1 aromatic rings. The Hall–Kier alpha value is -0.540. The molecular formula is C12H17BrN2. The van der Waals surface area contributed by atoms with Gasteiger partial charge in [0.25, 0.3) is 0 Å². The van der Waals surface area contributed by atoms with Crippen molar-refractivity contribution in [2.45, 2.75) is 25.8 Å². The molecule has 15 heavy (non-hydrogen) atoms. The number of hydrogen-bond donors (Lipinski definition) is 2. The van der Waals surface area contributed by atoms with Crippen LogP contribution in [0, 0.1) is 6.92 Å². The molecule has 1 aliphatic heterocycles. The summed E-state index contributed by atoms with van der Waals surface area (Å²) in [5, 5.41) is 6.96. The van der Waals surface area contributed by atoms with Crippen molar-refractivity contribution in [3.63, 3.8) is 0 Å². The van der Waals surface area contributed by atoms with Gasteiger partial charge in [0.15, 0.2) is 0 Å². The third-order valence-corrected chi connectivity index (χ3v) is 3.76. The van der Waals surface area contributed by atoms with E-state index in [-0.39, 0.29) is 0 Å². The van der Waals surface area contributed by atoms with Gasteiger partial charge in [-0.3, -0.25) is 0 Å². The molecule has 82 valence electrons. The first-order valence-electron chi connectivity index (χ1n) is 5.49. The summed E-state index contributed by atoms with van der Waals surface area (Å²) in [4.78, 5) is 0. The van der Waals surface area contributed by atoms with Gasteiger partial charge in [0.2, 0.25) is 0 Å². The van der Waals surface area contributed by atoms with Gasteiger partial charge in [-0.15, -0.1) is 0 Å². The summed E-state index contributed by atoms with van der Waals surface area (Å²) in [5.74, 6) is 0. The lowest BCUT2D eigenvalue weighted by molar-refractivity contribution is 0.479. The first kappa shape index (κ1) is 11.0. The van der Waals surface area contributed by atoms with Gasteiger partial charge in [-0.1, -0.05) is 15.9 Å². The van der Waals surface area contributed by atoms with E-state index in [2.05, 4.69) is 51.7 Å². The van der Waals surface area contributed by atoms with Crippen LogP contribution >= 0.6 is 15.9 Å². The van der Waals surface area contributed by atoms with Gasteiger partial charge in [-0.05, 0) is 56.6 Å². The molecule has 0 radical (unpaired) electrons. The number of aryl methyl sites for hydroxylation is 1. The lowest BCUT2D eigenvalue weighted by Gasteiger charge is -2.24. The second-order valence-electron chi connectivity index (χ2n) is 4.13. The molecule has 1 aliphatic rings. The molecule has 3 heteroatoms. The van der Waals surface area contributed by atoms with Crippen LogP contribution in [0.3, 0.4) is 0 Å². The normalized spacial score (nSPS) is 17.7. The zero-order chi connectivity index (χ0) is 10.7. The van der Waals surface area contributed by atoms with E-state index in [1.165, 1.54) is 28.6 Å². The van der Waals surface area contributed by atoms with E-state index in [9.17, 15) is 0 Å². The fourth-order valence-corrected chi connectivity index (χ4v) is 2.18. The van der Waals surface area contributed by atoms with Crippen LogP contribution in [0.2, 0.25) is 0 Å². The molecule has 2 N–H and O–H groups in total. The van der Waals surface area contributed by atoms with Crippen LogP contribution in [0.1, 0.15) is 18.4 Å².